The van der Waals surface area contributed by atoms with Gasteiger partial charge < -0.3 is 15.0 Å². The number of benzene rings is 2. The summed E-state index contributed by atoms with van der Waals surface area (Å²) in [4.78, 5) is 25.3. The number of amides is 2. The second-order valence-corrected chi connectivity index (χ2v) is 6.08. The molecule has 2 aromatic rings. The maximum Gasteiger partial charge on any atom is 0.262 e. The number of nitrogens with zero attached hydrogens (tertiary/aromatic N) is 1. The van der Waals surface area contributed by atoms with E-state index in [4.69, 9.17) is 16.3 Å². The van der Waals surface area contributed by atoms with Gasteiger partial charge in [0.05, 0.1) is 5.02 Å². The summed E-state index contributed by atoms with van der Waals surface area (Å²) >= 11 is 5.85. The van der Waals surface area contributed by atoms with E-state index < -0.39 is 5.82 Å². The number of anilines is 2. The molecule has 2 amide bonds. The zero-order valence-electron chi connectivity index (χ0n) is 13.5. The second-order valence-electron chi connectivity index (χ2n) is 5.68. The standard InChI is InChI=1S/C18H16ClFN2O3/c1-11(23)22-7-6-12-8-14(3-4-16(12)22)21-18(24)10-25-17-5-2-13(20)9-15(17)19/h2-5,8-9H,6-7,10H2,1H3,(H,21,24). The average molecular weight is 363 g/mol. The monoisotopic (exact) mass is 362 g/mol. The third kappa shape index (κ3) is 3.91. The van der Waals surface area contributed by atoms with Crippen molar-refractivity contribution in [3.63, 3.8) is 0 Å². The summed E-state index contributed by atoms with van der Waals surface area (Å²) in [5, 5.41) is 2.84. The van der Waals surface area contributed by atoms with Crippen LogP contribution < -0.4 is 15.0 Å². The van der Waals surface area contributed by atoms with Crippen molar-refractivity contribution < 1.29 is 18.7 Å². The molecule has 0 saturated carbocycles. The summed E-state index contributed by atoms with van der Waals surface area (Å²) in [6, 6.07) is 9.11. The van der Waals surface area contributed by atoms with Gasteiger partial charge in [-0.05, 0) is 48.4 Å². The summed E-state index contributed by atoms with van der Waals surface area (Å²) in [5.41, 5.74) is 2.51. The van der Waals surface area contributed by atoms with Crippen LogP contribution in [0, 0.1) is 5.82 Å². The lowest BCUT2D eigenvalue weighted by Gasteiger charge is -2.15. The Bertz CT molecular complexity index is 841. The van der Waals surface area contributed by atoms with Crippen molar-refractivity contribution in [3.05, 3.63) is 52.8 Å². The highest BCUT2D eigenvalue weighted by Gasteiger charge is 2.22. The van der Waals surface area contributed by atoms with E-state index in [2.05, 4.69) is 5.32 Å². The summed E-state index contributed by atoms with van der Waals surface area (Å²) in [6.45, 7) is 1.93. The molecule has 0 aromatic heterocycles. The first-order valence-corrected chi connectivity index (χ1v) is 8.10. The van der Waals surface area contributed by atoms with E-state index in [-0.39, 0.29) is 29.2 Å². The Labute approximate surface area is 149 Å². The van der Waals surface area contributed by atoms with Crippen LogP contribution >= 0.6 is 11.6 Å². The second kappa shape index (κ2) is 7.11. The van der Waals surface area contributed by atoms with Crippen molar-refractivity contribution in [2.75, 3.05) is 23.4 Å². The van der Waals surface area contributed by atoms with Crippen LogP contribution in [0.4, 0.5) is 15.8 Å². The molecular formula is C18H16ClFN2O3. The van der Waals surface area contributed by atoms with E-state index in [1.54, 1.807) is 11.0 Å². The van der Waals surface area contributed by atoms with Crippen molar-refractivity contribution >= 4 is 34.8 Å². The van der Waals surface area contributed by atoms with Crippen molar-refractivity contribution in [1.29, 1.82) is 0 Å². The summed E-state index contributed by atoms with van der Waals surface area (Å²) in [5.74, 6) is -0.592. The van der Waals surface area contributed by atoms with Crippen molar-refractivity contribution in [3.8, 4) is 5.75 Å². The molecule has 7 heteroatoms. The van der Waals surface area contributed by atoms with Gasteiger partial charge in [-0.25, -0.2) is 4.39 Å². The van der Waals surface area contributed by atoms with Crippen LogP contribution in [0.25, 0.3) is 0 Å². The molecule has 0 bridgehead atoms. The number of hydrogen-bond acceptors (Lipinski definition) is 3. The van der Waals surface area contributed by atoms with Crippen LogP contribution in [0.1, 0.15) is 12.5 Å². The van der Waals surface area contributed by atoms with Gasteiger partial charge in [-0.3, -0.25) is 9.59 Å². The minimum Gasteiger partial charge on any atom is -0.482 e. The van der Waals surface area contributed by atoms with Gasteiger partial charge in [-0.2, -0.15) is 0 Å². The number of carbonyl (C=O) groups is 2. The molecule has 0 fully saturated rings. The zero-order chi connectivity index (χ0) is 18.0. The van der Waals surface area contributed by atoms with E-state index in [0.717, 1.165) is 23.7 Å². The van der Waals surface area contributed by atoms with Gasteiger partial charge in [0, 0.05) is 24.8 Å². The lowest BCUT2D eigenvalue weighted by atomic mass is 10.1. The van der Waals surface area contributed by atoms with Gasteiger partial charge in [0.25, 0.3) is 5.91 Å². The van der Waals surface area contributed by atoms with E-state index in [1.807, 2.05) is 12.1 Å². The van der Waals surface area contributed by atoms with Crippen LogP contribution in [-0.2, 0) is 16.0 Å². The molecule has 0 saturated heterocycles. The third-order valence-electron chi connectivity index (χ3n) is 3.89. The smallest absolute Gasteiger partial charge is 0.262 e. The van der Waals surface area contributed by atoms with Crippen LogP contribution in [0.15, 0.2) is 36.4 Å². The maximum absolute atomic E-state index is 13.0. The number of carbonyl (C=O) groups excluding carboxylic acids is 2. The third-order valence-corrected chi connectivity index (χ3v) is 4.19. The number of nitrogens with one attached hydrogen (secondary N) is 1. The minimum atomic E-state index is -0.473. The SMILES string of the molecule is CC(=O)N1CCc2cc(NC(=O)COc3ccc(F)cc3Cl)ccc21. The van der Waals surface area contributed by atoms with Gasteiger partial charge >= 0.3 is 0 Å². The Morgan fingerprint density at radius 1 is 1.28 bits per heavy atom. The highest BCUT2D eigenvalue weighted by molar-refractivity contribution is 6.32. The van der Waals surface area contributed by atoms with Crippen molar-refractivity contribution in [2.45, 2.75) is 13.3 Å². The Kier molecular flexibility index (Phi) is 4.90. The molecule has 0 spiro atoms. The van der Waals surface area contributed by atoms with Gasteiger partial charge in [-0.1, -0.05) is 11.6 Å². The minimum absolute atomic E-state index is 0.000104. The van der Waals surface area contributed by atoms with Gasteiger partial charge in [0.2, 0.25) is 5.91 Å². The normalized spacial score (nSPS) is 12.7. The molecule has 1 heterocycles. The molecule has 25 heavy (non-hydrogen) atoms. The van der Waals surface area contributed by atoms with Gasteiger partial charge in [-0.15, -0.1) is 0 Å². The molecule has 1 aliphatic rings. The fraction of sp³-hybridized carbons (Fsp3) is 0.222. The van der Waals surface area contributed by atoms with Crippen LogP contribution in [-0.4, -0.2) is 25.0 Å². The highest BCUT2D eigenvalue weighted by Crippen LogP contribution is 2.30. The van der Waals surface area contributed by atoms with E-state index in [1.165, 1.54) is 19.1 Å². The molecule has 0 aliphatic carbocycles. The van der Waals surface area contributed by atoms with Gasteiger partial charge in [0.1, 0.15) is 11.6 Å². The quantitative estimate of drug-likeness (QED) is 0.906. The summed E-state index contributed by atoms with van der Waals surface area (Å²) in [7, 11) is 0. The van der Waals surface area contributed by atoms with Crippen LogP contribution in [0.3, 0.4) is 0 Å². The lowest BCUT2D eigenvalue weighted by Crippen LogP contribution is -2.25. The zero-order valence-corrected chi connectivity index (χ0v) is 14.3. The molecule has 0 atom stereocenters. The molecule has 3 rings (SSSR count). The van der Waals surface area contributed by atoms with E-state index in [9.17, 15) is 14.0 Å². The number of rotatable bonds is 4. The Morgan fingerprint density at radius 2 is 2.08 bits per heavy atom. The van der Waals surface area contributed by atoms with Crippen molar-refractivity contribution in [2.24, 2.45) is 0 Å². The average Bonchev–Trinajstić information content (AvgIpc) is 2.97. The molecular weight excluding hydrogens is 347 g/mol. The van der Waals surface area contributed by atoms with E-state index >= 15 is 0 Å². The fourth-order valence-electron chi connectivity index (χ4n) is 2.74. The Morgan fingerprint density at radius 3 is 2.80 bits per heavy atom. The number of halogens is 2. The number of fused-ring (bicyclic) bond motifs is 1. The maximum atomic E-state index is 13.0. The molecule has 0 radical (unpaired) electrons. The molecule has 0 unspecified atom stereocenters. The summed E-state index contributed by atoms with van der Waals surface area (Å²) in [6.07, 6.45) is 0.750. The lowest BCUT2D eigenvalue weighted by molar-refractivity contribution is -0.118. The predicted molar refractivity (Wildman–Crippen MR) is 93.7 cm³/mol. The first-order chi connectivity index (χ1) is 11.9. The molecule has 130 valence electrons. The number of hydrogen-bond donors (Lipinski definition) is 1. The molecule has 5 nitrogen and oxygen atoms in total. The highest BCUT2D eigenvalue weighted by atomic mass is 35.5. The Hall–Kier alpha value is -2.60. The Balaban J connectivity index is 1.61. The fourth-order valence-corrected chi connectivity index (χ4v) is 2.96. The van der Waals surface area contributed by atoms with Crippen molar-refractivity contribution in [1.82, 2.24) is 0 Å². The molecule has 2 aromatic carbocycles. The summed E-state index contributed by atoms with van der Waals surface area (Å²) < 4.78 is 18.3. The molecule has 1 aliphatic heterocycles. The van der Waals surface area contributed by atoms with Gasteiger partial charge in [0.15, 0.2) is 6.61 Å². The number of ether oxygens (including phenoxy) is 1. The topological polar surface area (TPSA) is 58.6 Å². The largest absolute Gasteiger partial charge is 0.482 e. The first-order valence-electron chi connectivity index (χ1n) is 7.73. The molecule has 1 N–H and O–H groups in total. The van der Waals surface area contributed by atoms with Crippen LogP contribution in [0.2, 0.25) is 5.02 Å². The van der Waals surface area contributed by atoms with Crippen LogP contribution in [0.5, 0.6) is 5.75 Å². The first kappa shape index (κ1) is 17.2. The predicted octanol–water partition coefficient (Wildman–Crippen LogP) is 3.41. The van der Waals surface area contributed by atoms with E-state index in [0.29, 0.717) is 12.2 Å².